The number of hydrogen-bond acceptors (Lipinski definition) is 4. The van der Waals surface area contributed by atoms with Crippen molar-refractivity contribution >= 4 is 32.9 Å². The molecule has 0 radical (unpaired) electrons. The molecule has 0 saturated carbocycles. The highest BCUT2D eigenvalue weighted by Crippen LogP contribution is 2.20. The van der Waals surface area contributed by atoms with E-state index in [2.05, 4.69) is 12.2 Å². The molecule has 94 valence electrons. The van der Waals surface area contributed by atoms with Gasteiger partial charge in [-0.05, 0) is 24.3 Å². The molecule has 0 heterocycles. The zero-order valence-electron chi connectivity index (χ0n) is 9.58. The molecule has 0 aromatic heterocycles. The number of thiocarbonyl (C=S) groups is 1. The average molecular weight is 274 g/mol. The second kappa shape index (κ2) is 5.33. The van der Waals surface area contributed by atoms with Gasteiger partial charge in [-0.15, -0.1) is 0 Å². The highest BCUT2D eigenvalue weighted by molar-refractivity contribution is 7.95. The fourth-order valence-electron chi connectivity index (χ4n) is 1.23. The molecule has 1 aromatic carbocycles. The van der Waals surface area contributed by atoms with Crippen LogP contribution in [0.2, 0.25) is 0 Å². The quantitative estimate of drug-likeness (QED) is 0.802. The average Bonchev–Trinajstić information content (AvgIpc) is 2.26. The lowest BCUT2D eigenvalue weighted by molar-refractivity contribution is 0.415. The first-order valence-electron chi connectivity index (χ1n) is 4.76. The number of anilines is 1. The standard InChI is InChI=1S/C10H14N2O3S2/c1-12(17(13,14)7-10(11)16)8-3-5-9(15-2)6-4-8/h3-6H,7H2,1-2H3,(H2,11,16). The van der Waals surface area contributed by atoms with Crippen LogP contribution < -0.4 is 14.8 Å². The van der Waals surface area contributed by atoms with Crippen molar-refractivity contribution in [2.24, 2.45) is 5.73 Å². The van der Waals surface area contributed by atoms with Crippen molar-refractivity contribution in [1.82, 2.24) is 0 Å². The number of nitrogens with zero attached hydrogens (tertiary/aromatic N) is 1. The number of nitrogens with two attached hydrogens (primary N) is 1. The van der Waals surface area contributed by atoms with E-state index in [0.717, 1.165) is 4.31 Å². The molecule has 0 spiro atoms. The summed E-state index contributed by atoms with van der Waals surface area (Å²) in [6.45, 7) is 0. The topological polar surface area (TPSA) is 72.6 Å². The third-order valence-electron chi connectivity index (χ3n) is 2.18. The molecule has 5 nitrogen and oxygen atoms in total. The zero-order chi connectivity index (χ0) is 13.1. The summed E-state index contributed by atoms with van der Waals surface area (Å²) in [5, 5.41) is 0. The van der Waals surface area contributed by atoms with Gasteiger partial charge in [0.25, 0.3) is 0 Å². The van der Waals surface area contributed by atoms with Gasteiger partial charge in [0.05, 0.1) is 17.8 Å². The van der Waals surface area contributed by atoms with E-state index < -0.39 is 10.0 Å². The number of rotatable bonds is 5. The lowest BCUT2D eigenvalue weighted by Crippen LogP contribution is -2.34. The normalized spacial score (nSPS) is 10.9. The van der Waals surface area contributed by atoms with Crippen molar-refractivity contribution in [3.05, 3.63) is 24.3 Å². The van der Waals surface area contributed by atoms with Crippen molar-refractivity contribution in [1.29, 1.82) is 0 Å². The minimum absolute atomic E-state index is 0.0506. The molecule has 0 unspecified atom stereocenters. The van der Waals surface area contributed by atoms with Gasteiger partial charge in [-0.3, -0.25) is 4.31 Å². The smallest absolute Gasteiger partial charge is 0.241 e. The Morgan fingerprint density at radius 3 is 2.35 bits per heavy atom. The van der Waals surface area contributed by atoms with E-state index in [-0.39, 0.29) is 10.7 Å². The molecule has 0 bridgehead atoms. The first-order valence-corrected chi connectivity index (χ1v) is 6.77. The summed E-state index contributed by atoms with van der Waals surface area (Å²) in [6, 6.07) is 6.66. The van der Waals surface area contributed by atoms with E-state index in [4.69, 9.17) is 10.5 Å². The number of sulfonamides is 1. The Balaban J connectivity index is 2.95. The Morgan fingerprint density at radius 1 is 1.41 bits per heavy atom. The predicted octanol–water partition coefficient (Wildman–Crippen LogP) is 0.747. The van der Waals surface area contributed by atoms with Crippen LogP contribution in [0.1, 0.15) is 0 Å². The minimum atomic E-state index is -3.51. The monoisotopic (exact) mass is 274 g/mol. The van der Waals surface area contributed by atoms with E-state index in [1.807, 2.05) is 0 Å². The maximum absolute atomic E-state index is 11.8. The number of ether oxygens (including phenoxy) is 1. The third-order valence-corrected chi connectivity index (χ3v) is 4.23. The van der Waals surface area contributed by atoms with E-state index in [9.17, 15) is 8.42 Å². The third kappa shape index (κ3) is 3.57. The maximum atomic E-state index is 11.8. The fraction of sp³-hybridized carbons (Fsp3) is 0.300. The molecule has 2 N–H and O–H groups in total. The van der Waals surface area contributed by atoms with Gasteiger partial charge in [0.15, 0.2) is 0 Å². The van der Waals surface area contributed by atoms with Crippen LogP contribution in [-0.4, -0.2) is 33.3 Å². The largest absolute Gasteiger partial charge is 0.497 e. The van der Waals surface area contributed by atoms with Crippen LogP contribution in [0.4, 0.5) is 5.69 Å². The van der Waals surface area contributed by atoms with Gasteiger partial charge in [-0.1, -0.05) is 12.2 Å². The molecule has 7 heteroatoms. The molecule has 0 atom stereocenters. The molecule has 0 aliphatic rings. The maximum Gasteiger partial charge on any atom is 0.241 e. The molecule has 0 saturated heterocycles. The van der Waals surface area contributed by atoms with Gasteiger partial charge in [-0.2, -0.15) is 0 Å². The number of hydrogen-bond donors (Lipinski definition) is 1. The lowest BCUT2D eigenvalue weighted by Gasteiger charge is -2.19. The van der Waals surface area contributed by atoms with Crippen molar-refractivity contribution in [2.45, 2.75) is 0 Å². The SMILES string of the molecule is COc1ccc(N(C)S(=O)(=O)CC(N)=S)cc1. The Kier molecular flexibility index (Phi) is 4.30. The van der Waals surface area contributed by atoms with Gasteiger partial charge in [0.1, 0.15) is 11.5 Å². The number of benzene rings is 1. The number of methoxy groups -OCH3 is 1. The van der Waals surface area contributed by atoms with Gasteiger partial charge < -0.3 is 10.5 Å². The molecule has 1 aromatic rings. The van der Waals surface area contributed by atoms with E-state index in [1.165, 1.54) is 7.05 Å². The van der Waals surface area contributed by atoms with E-state index in [1.54, 1.807) is 31.4 Å². The molecular formula is C10H14N2O3S2. The first kappa shape index (κ1) is 13.7. The Hall–Kier alpha value is -1.34. The van der Waals surface area contributed by atoms with E-state index in [0.29, 0.717) is 11.4 Å². The van der Waals surface area contributed by atoms with Crippen LogP contribution in [0.25, 0.3) is 0 Å². The minimum Gasteiger partial charge on any atom is -0.497 e. The molecule has 0 aliphatic carbocycles. The van der Waals surface area contributed by atoms with Crippen LogP contribution in [-0.2, 0) is 10.0 Å². The predicted molar refractivity (Wildman–Crippen MR) is 72.0 cm³/mol. The molecule has 17 heavy (non-hydrogen) atoms. The van der Waals surface area contributed by atoms with Crippen LogP contribution in [0.3, 0.4) is 0 Å². The van der Waals surface area contributed by atoms with Crippen LogP contribution in [0.15, 0.2) is 24.3 Å². The summed E-state index contributed by atoms with van der Waals surface area (Å²) in [7, 11) is -0.508. The van der Waals surface area contributed by atoms with Gasteiger partial charge >= 0.3 is 0 Å². The van der Waals surface area contributed by atoms with Gasteiger partial charge in [0.2, 0.25) is 10.0 Å². The Morgan fingerprint density at radius 2 is 1.94 bits per heavy atom. The highest BCUT2D eigenvalue weighted by Gasteiger charge is 2.19. The Labute approximate surface area is 106 Å². The van der Waals surface area contributed by atoms with Crippen LogP contribution in [0.5, 0.6) is 5.75 Å². The second-order valence-corrected chi connectivity index (χ2v) is 5.91. The molecule has 0 amide bonds. The first-order chi connectivity index (χ1) is 7.86. The molecule has 0 fully saturated rings. The van der Waals surface area contributed by atoms with Crippen molar-refractivity contribution in [3.8, 4) is 5.75 Å². The van der Waals surface area contributed by atoms with E-state index >= 15 is 0 Å². The lowest BCUT2D eigenvalue weighted by atomic mass is 10.3. The van der Waals surface area contributed by atoms with Crippen LogP contribution >= 0.6 is 12.2 Å². The van der Waals surface area contributed by atoms with Gasteiger partial charge in [-0.25, -0.2) is 8.42 Å². The molecular weight excluding hydrogens is 260 g/mol. The summed E-state index contributed by atoms with van der Waals surface area (Å²) in [4.78, 5) is -0.0506. The summed E-state index contributed by atoms with van der Waals surface area (Å²) in [5.41, 5.74) is 5.78. The highest BCUT2D eigenvalue weighted by atomic mass is 32.2. The zero-order valence-corrected chi connectivity index (χ0v) is 11.2. The van der Waals surface area contributed by atoms with Crippen molar-refractivity contribution in [3.63, 3.8) is 0 Å². The second-order valence-electron chi connectivity index (χ2n) is 3.39. The molecule has 0 aliphatic heterocycles. The van der Waals surface area contributed by atoms with Gasteiger partial charge in [0, 0.05) is 7.05 Å². The van der Waals surface area contributed by atoms with Crippen LogP contribution in [0, 0.1) is 0 Å². The summed E-state index contributed by atoms with van der Waals surface area (Å²) < 4.78 is 29.8. The van der Waals surface area contributed by atoms with Crippen molar-refractivity contribution in [2.75, 3.05) is 24.2 Å². The summed E-state index contributed by atoms with van der Waals surface area (Å²) in [5.74, 6) is 0.319. The summed E-state index contributed by atoms with van der Waals surface area (Å²) in [6.07, 6.45) is 0. The fourth-order valence-corrected chi connectivity index (χ4v) is 2.67. The summed E-state index contributed by atoms with van der Waals surface area (Å²) >= 11 is 4.60. The van der Waals surface area contributed by atoms with Crippen molar-refractivity contribution < 1.29 is 13.2 Å². The molecule has 1 rings (SSSR count). The Bertz CT molecular complexity index is 497.